The van der Waals surface area contributed by atoms with Gasteiger partial charge in [0, 0.05) is 23.5 Å². The van der Waals surface area contributed by atoms with Gasteiger partial charge in [0.05, 0.1) is 11.3 Å². The predicted molar refractivity (Wildman–Crippen MR) is 88.5 cm³/mol. The highest BCUT2D eigenvalue weighted by atomic mass is 32.1. The minimum absolute atomic E-state index is 0.0972. The van der Waals surface area contributed by atoms with Gasteiger partial charge in [0.1, 0.15) is 0 Å². The van der Waals surface area contributed by atoms with Crippen molar-refractivity contribution in [2.24, 2.45) is 0 Å². The maximum absolute atomic E-state index is 12.1. The first-order chi connectivity index (χ1) is 10.5. The summed E-state index contributed by atoms with van der Waals surface area (Å²) in [6.45, 7) is 4.99. The largest absolute Gasteiger partial charge is 0.376 e. The van der Waals surface area contributed by atoms with Gasteiger partial charge >= 0.3 is 0 Å². The number of aromatic nitrogens is 1. The van der Waals surface area contributed by atoms with E-state index in [0.29, 0.717) is 16.6 Å². The zero-order valence-corrected chi connectivity index (χ0v) is 13.7. The summed E-state index contributed by atoms with van der Waals surface area (Å²) in [7, 11) is 0. The third-order valence-corrected chi connectivity index (χ3v) is 4.67. The van der Waals surface area contributed by atoms with Crippen LogP contribution in [0.1, 0.15) is 48.7 Å². The Morgan fingerprint density at radius 3 is 2.86 bits per heavy atom. The van der Waals surface area contributed by atoms with Crippen molar-refractivity contribution in [3.63, 3.8) is 0 Å². The topological polar surface area (TPSA) is 51.2 Å². The summed E-state index contributed by atoms with van der Waals surface area (Å²) in [5, 5.41) is 5.58. The van der Waals surface area contributed by atoms with Crippen LogP contribution in [0.3, 0.4) is 0 Å². The van der Waals surface area contributed by atoms with Gasteiger partial charge < -0.3 is 4.74 Å². The maximum atomic E-state index is 12.1. The third kappa shape index (κ3) is 3.54. The van der Waals surface area contributed by atoms with Crippen LogP contribution >= 0.6 is 11.3 Å². The number of thiazole rings is 1. The first kappa shape index (κ1) is 15.2. The molecule has 0 aliphatic carbocycles. The number of nitrogens with one attached hydrogen (secondary N) is 1. The fourth-order valence-corrected chi connectivity index (χ4v) is 3.56. The van der Waals surface area contributed by atoms with Crippen molar-refractivity contribution in [2.75, 3.05) is 11.9 Å². The number of benzene rings is 1. The van der Waals surface area contributed by atoms with Gasteiger partial charge in [-0.05, 0) is 38.8 Å². The molecular weight excluding hydrogens is 296 g/mol. The minimum Gasteiger partial charge on any atom is -0.376 e. The molecule has 22 heavy (non-hydrogen) atoms. The SMILES string of the molecule is CC1(C)C[C@@H](c2csc(NC(=O)c3ccccc3)n2)CCO1. The van der Waals surface area contributed by atoms with E-state index >= 15 is 0 Å². The second-order valence-electron chi connectivity index (χ2n) is 6.20. The average molecular weight is 316 g/mol. The second kappa shape index (κ2) is 6.18. The molecule has 5 heteroatoms. The lowest BCUT2D eigenvalue weighted by atomic mass is 9.87. The van der Waals surface area contributed by atoms with E-state index in [1.54, 1.807) is 12.1 Å². The van der Waals surface area contributed by atoms with Gasteiger partial charge in [-0.3, -0.25) is 10.1 Å². The summed E-state index contributed by atoms with van der Waals surface area (Å²) >= 11 is 1.48. The Bertz CT molecular complexity index is 652. The van der Waals surface area contributed by atoms with Crippen LogP contribution in [0, 0.1) is 0 Å². The molecule has 2 aromatic rings. The van der Waals surface area contributed by atoms with Gasteiger partial charge in [-0.15, -0.1) is 11.3 Å². The van der Waals surface area contributed by atoms with Crippen molar-refractivity contribution in [3.8, 4) is 0 Å². The smallest absolute Gasteiger partial charge is 0.257 e. The molecule has 2 heterocycles. The van der Waals surface area contributed by atoms with Crippen LogP contribution in [0.25, 0.3) is 0 Å². The van der Waals surface area contributed by atoms with E-state index in [-0.39, 0.29) is 11.5 Å². The molecule has 4 nitrogen and oxygen atoms in total. The summed E-state index contributed by atoms with van der Waals surface area (Å²) in [5.41, 5.74) is 1.61. The lowest BCUT2D eigenvalue weighted by Crippen LogP contribution is -2.33. The Balaban J connectivity index is 1.68. The summed E-state index contributed by atoms with van der Waals surface area (Å²) in [5.74, 6) is 0.288. The highest BCUT2D eigenvalue weighted by Gasteiger charge is 2.31. The molecule has 1 fully saturated rings. The molecule has 0 bridgehead atoms. The van der Waals surface area contributed by atoms with Gasteiger partial charge in [0.15, 0.2) is 5.13 Å². The van der Waals surface area contributed by atoms with E-state index in [0.717, 1.165) is 25.1 Å². The van der Waals surface area contributed by atoms with Crippen LogP contribution in [0.5, 0.6) is 0 Å². The molecular formula is C17H20N2O2S. The van der Waals surface area contributed by atoms with Crippen molar-refractivity contribution in [2.45, 2.75) is 38.2 Å². The first-order valence-corrected chi connectivity index (χ1v) is 8.37. The number of carbonyl (C=O) groups is 1. The summed E-state index contributed by atoms with van der Waals surface area (Å²) < 4.78 is 5.75. The van der Waals surface area contributed by atoms with Crippen molar-refractivity contribution < 1.29 is 9.53 Å². The summed E-state index contributed by atoms with van der Waals surface area (Å²) in [6, 6.07) is 9.19. The zero-order valence-electron chi connectivity index (χ0n) is 12.8. The van der Waals surface area contributed by atoms with Crippen molar-refractivity contribution in [3.05, 3.63) is 47.0 Å². The quantitative estimate of drug-likeness (QED) is 0.928. The van der Waals surface area contributed by atoms with E-state index in [4.69, 9.17) is 4.74 Å². The van der Waals surface area contributed by atoms with E-state index < -0.39 is 0 Å². The molecule has 1 atom stereocenters. The minimum atomic E-state index is -0.117. The number of nitrogens with zero attached hydrogens (tertiary/aromatic N) is 1. The fraction of sp³-hybridized carbons (Fsp3) is 0.412. The lowest BCUT2D eigenvalue weighted by Gasteiger charge is -2.34. The molecule has 116 valence electrons. The third-order valence-electron chi connectivity index (χ3n) is 3.89. The van der Waals surface area contributed by atoms with E-state index in [1.165, 1.54) is 11.3 Å². The van der Waals surface area contributed by atoms with Gasteiger partial charge in [-0.2, -0.15) is 0 Å². The number of hydrogen-bond donors (Lipinski definition) is 1. The summed E-state index contributed by atoms with van der Waals surface area (Å²) in [6.07, 6.45) is 1.95. The Hall–Kier alpha value is -1.72. The van der Waals surface area contributed by atoms with E-state index in [2.05, 4.69) is 24.1 Å². The normalized spacial score (nSPS) is 20.5. The zero-order chi connectivity index (χ0) is 15.6. The highest BCUT2D eigenvalue weighted by molar-refractivity contribution is 7.14. The molecule has 0 spiro atoms. The highest BCUT2D eigenvalue weighted by Crippen LogP contribution is 2.36. The maximum Gasteiger partial charge on any atom is 0.257 e. The Labute approximate surface area is 134 Å². The first-order valence-electron chi connectivity index (χ1n) is 7.49. The molecule has 1 amide bonds. The molecule has 1 aromatic carbocycles. The monoisotopic (exact) mass is 316 g/mol. The molecule has 1 aromatic heterocycles. The van der Waals surface area contributed by atoms with Crippen LogP contribution in [0.4, 0.5) is 5.13 Å². The van der Waals surface area contributed by atoms with E-state index in [9.17, 15) is 4.79 Å². The molecule has 0 unspecified atom stereocenters. The number of rotatable bonds is 3. The average Bonchev–Trinajstić information content (AvgIpc) is 2.96. The fourth-order valence-electron chi connectivity index (χ4n) is 2.77. The van der Waals surface area contributed by atoms with Gasteiger partial charge in [0.2, 0.25) is 0 Å². The van der Waals surface area contributed by atoms with Crippen LogP contribution in [-0.2, 0) is 4.74 Å². The molecule has 0 radical (unpaired) electrons. The number of ether oxygens (including phenoxy) is 1. The van der Waals surface area contributed by atoms with Crippen LogP contribution in [0.15, 0.2) is 35.7 Å². The molecule has 1 aliphatic rings. The molecule has 0 saturated carbocycles. The van der Waals surface area contributed by atoms with Crippen LogP contribution in [0.2, 0.25) is 0 Å². The second-order valence-corrected chi connectivity index (χ2v) is 7.05. The van der Waals surface area contributed by atoms with Gasteiger partial charge in [-0.25, -0.2) is 4.98 Å². The Kier molecular flexibility index (Phi) is 4.27. The standard InChI is InChI=1S/C17H20N2O2S/c1-17(2)10-13(8-9-21-17)14-11-22-16(18-14)19-15(20)12-6-4-3-5-7-12/h3-7,11,13H,8-10H2,1-2H3,(H,18,19,20)/t13-/m0/s1. The molecule has 1 aliphatic heterocycles. The summed E-state index contributed by atoms with van der Waals surface area (Å²) in [4.78, 5) is 16.7. The molecule has 3 rings (SSSR count). The van der Waals surface area contributed by atoms with Crippen molar-refractivity contribution in [1.29, 1.82) is 0 Å². The number of anilines is 1. The predicted octanol–water partition coefficient (Wildman–Crippen LogP) is 4.07. The Morgan fingerprint density at radius 1 is 1.36 bits per heavy atom. The van der Waals surface area contributed by atoms with Crippen LogP contribution in [-0.4, -0.2) is 23.1 Å². The molecule has 1 saturated heterocycles. The van der Waals surface area contributed by atoms with Crippen molar-refractivity contribution in [1.82, 2.24) is 4.98 Å². The van der Waals surface area contributed by atoms with Crippen molar-refractivity contribution >= 4 is 22.4 Å². The van der Waals surface area contributed by atoms with E-state index in [1.807, 2.05) is 23.6 Å². The van der Waals surface area contributed by atoms with Crippen LogP contribution < -0.4 is 5.32 Å². The number of hydrogen-bond acceptors (Lipinski definition) is 4. The Morgan fingerprint density at radius 2 is 2.14 bits per heavy atom. The lowest BCUT2D eigenvalue weighted by molar-refractivity contribution is -0.0597. The number of amides is 1. The molecule has 1 N–H and O–H groups in total. The number of carbonyl (C=O) groups excluding carboxylic acids is 1. The van der Waals surface area contributed by atoms with Gasteiger partial charge in [0.25, 0.3) is 5.91 Å². The van der Waals surface area contributed by atoms with Gasteiger partial charge in [-0.1, -0.05) is 18.2 Å².